The summed E-state index contributed by atoms with van der Waals surface area (Å²) in [6, 6.07) is 4.13. The molecule has 0 amide bonds. The van der Waals surface area contributed by atoms with Crippen molar-refractivity contribution in [3.8, 4) is 0 Å². The number of rotatable bonds is 1. The number of nitrogens with one attached hydrogen (secondary N) is 1. The molecule has 2 aromatic heterocycles. The van der Waals surface area contributed by atoms with Gasteiger partial charge in [-0.15, -0.1) is 0 Å². The van der Waals surface area contributed by atoms with Crippen molar-refractivity contribution in [2.75, 3.05) is 13.1 Å². The van der Waals surface area contributed by atoms with Crippen LogP contribution in [0.4, 0.5) is 0 Å². The molecule has 1 N–H and O–H groups in total. The monoisotopic (exact) mass is 249 g/mol. The lowest BCUT2D eigenvalue weighted by molar-refractivity contribution is 0.444. The predicted molar refractivity (Wildman–Crippen MR) is 69.8 cm³/mol. The lowest BCUT2D eigenvalue weighted by Gasteiger charge is -2.21. The summed E-state index contributed by atoms with van der Waals surface area (Å²) in [5, 5.41) is 4.00. The van der Waals surface area contributed by atoms with Crippen LogP contribution in [0.5, 0.6) is 0 Å². The van der Waals surface area contributed by atoms with Crippen LogP contribution in [0.1, 0.15) is 30.1 Å². The fourth-order valence-electron chi connectivity index (χ4n) is 2.54. The van der Waals surface area contributed by atoms with Gasteiger partial charge in [0.1, 0.15) is 5.82 Å². The molecular formula is C13H16ClN3. The van der Waals surface area contributed by atoms with Gasteiger partial charge in [0.2, 0.25) is 0 Å². The van der Waals surface area contributed by atoms with Crippen LogP contribution in [0.15, 0.2) is 18.3 Å². The van der Waals surface area contributed by atoms with Gasteiger partial charge in [-0.1, -0.05) is 17.7 Å². The zero-order chi connectivity index (χ0) is 11.8. The molecule has 2 aromatic rings. The van der Waals surface area contributed by atoms with Crippen LogP contribution in [-0.4, -0.2) is 22.5 Å². The van der Waals surface area contributed by atoms with Gasteiger partial charge in [-0.25, -0.2) is 4.98 Å². The molecule has 3 heterocycles. The van der Waals surface area contributed by atoms with E-state index >= 15 is 0 Å². The molecule has 4 heteroatoms. The first-order valence-corrected chi connectivity index (χ1v) is 6.48. The van der Waals surface area contributed by atoms with Gasteiger partial charge in [-0.05, 0) is 44.5 Å². The number of hydrogen-bond donors (Lipinski definition) is 1. The number of halogens is 1. The number of aryl methyl sites for hydroxylation is 1. The van der Waals surface area contributed by atoms with Crippen LogP contribution in [0.25, 0.3) is 5.52 Å². The molecule has 0 radical (unpaired) electrons. The van der Waals surface area contributed by atoms with Gasteiger partial charge in [0, 0.05) is 12.1 Å². The molecule has 1 fully saturated rings. The number of aromatic nitrogens is 2. The van der Waals surface area contributed by atoms with E-state index in [1.54, 1.807) is 0 Å². The van der Waals surface area contributed by atoms with Crippen molar-refractivity contribution in [2.24, 2.45) is 0 Å². The Morgan fingerprint density at radius 2 is 2.12 bits per heavy atom. The molecule has 0 aromatic carbocycles. The molecule has 0 atom stereocenters. The highest BCUT2D eigenvalue weighted by Crippen LogP contribution is 2.28. The summed E-state index contributed by atoms with van der Waals surface area (Å²) in [5.41, 5.74) is 2.26. The molecule has 0 bridgehead atoms. The average Bonchev–Trinajstić information content (AvgIpc) is 2.67. The third kappa shape index (κ3) is 1.94. The van der Waals surface area contributed by atoms with E-state index in [0.29, 0.717) is 11.1 Å². The van der Waals surface area contributed by atoms with E-state index in [1.165, 1.54) is 5.56 Å². The summed E-state index contributed by atoms with van der Waals surface area (Å²) in [5.74, 6) is 1.65. The quantitative estimate of drug-likeness (QED) is 0.842. The van der Waals surface area contributed by atoms with E-state index < -0.39 is 0 Å². The van der Waals surface area contributed by atoms with E-state index in [0.717, 1.165) is 37.3 Å². The van der Waals surface area contributed by atoms with Gasteiger partial charge < -0.3 is 9.72 Å². The molecule has 0 saturated carbocycles. The van der Waals surface area contributed by atoms with Crippen molar-refractivity contribution < 1.29 is 0 Å². The molecule has 1 aliphatic heterocycles. The van der Waals surface area contributed by atoms with Crippen molar-refractivity contribution in [3.63, 3.8) is 0 Å². The largest absolute Gasteiger partial charge is 0.317 e. The Kier molecular flexibility index (Phi) is 2.81. The highest BCUT2D eigenvalue weighted by atomic mass is 35.5. The first-order chi connectivity index (χ1) is 8.25. The Labute approximate surface area is 106 Å². The molecule has 17 heavy (non-hydrogen) atoms. The summed E-state index contributed by atoms with van der Waals surface area (Å²) < 4.78 is 2.16. The highest BCUT2D eigenvalue weighted by molar-refractivity contribution is 6.32. The smallest absolute Gasteiger partial charge is 0.155 e. The summed E-state index contributed by atoms with van der Waals surface area (Å²) in [7, 11) is 0. The second kappa shape index (κ2) is 4.31. The van der Waals surface area contributed by atoms with E-state index in [2.05, 4.69) is 40.0 Å². The van der Waals surface area contributed by atoms with Gasteiger partial charge in [-0.2, -0.15) is 0 Å². The maximum absolute atomic E-state index is 6.20. The number of pyridine rings is 1. The zero-order valence-corrected chi connectivity index (χ0v) is 10.7. The second-order valence-electron chi connectivity index (χ2n) is 4.75. The minimum absolute atomic E-state index is 0.526. The van der Waals surface area contributed by atoms with Gasteiger partial charge >= 0.3 is 0 Å². The van der Waals surface area contributed by atoms with Crippen molar-refractivity contribution in [2.45, 2.75) is 25.7 Å². The standard InChI is InChI=1S/C13H16ClN3/c1-9-2-3-11-12(14)16-13(17(11)8-9)10-4-6-15-7-5-10/h2-3,8,10,15H,4-7H2,1H3. The summed E-state index contributed by atoms with van der Waals surface area (Å²) in [4.78, 5) is 4.56. The third-order valence-electron chi connectivity index (χ3n) is 3.47. The molecule has 0 spiro atoms. The fourth-order valence-corrected chi connectivity index (χ4v) is 2.79. The maximum atomic E-state index is 6.20. The Morgan fingerprint density at radius 1 is 1.35 bits per heavy atom. The number of hydrogen-bond acceptors (Lipinski definition) is 2. The second-order valence-corrected chi connectivity index (χ2v) is 5.10. The van der Waals surface area contributed by atoms with E-state index in [-0.39, 0.29) is 0 Å². The molecule has 1 saturated heterocycles. The Bertz CT molecular complexity index is 541. The van der Waals surface area contributed by atoms with Crippen molar-refractivity contribution in [1.29, 1.82) is 0 Å². The first kappa shape index (κ1) is 11.1. The fraction of sp³-hybridized carbons (Fsp3) is 0.462. The van der Waals surface area contributed by atoms with Crippen molar-refractivity contribution >= 4 is 17.1 Å². The molecule has 1 aliphatic rings. The van der Waals surface area contributed by atoms with Crippen molar-refractivity contribution in [1.82, 2.24) is 14.7 Å². The van der Waals surface area contributed by atoms with Crippen LogP contribution in [0.2, 0.25) is 5.15 Å². The summed E-state index contributed by atoms with van der Waals surface area (Å²) in [6.07, 6.45) is 4.42. The average molecular weight is 250 g/mol. The van der Waals surface area contributed by atoms with Crippen LogP contribution >= 0.6 is 11.6 Å². The van der Waals surface area contributed by atoms with Crippen LogP contribution in [0.3, 0.4) is 0 Å². The molecular weight excluding hydrogens is 234 g/mol. The zero-order valence-electron chi connectivity index (χ0n) is 9.91. The van der Waals surface area contributed by atoms with Gasteiger partial charge in [0.15, 0.2) is 5.15 Å². The van der Waals surface area contributed by atoms with Gasteiger partial charge in [0.25, 0.3) is 0 Å². The molecule has 3 rings (SSSR count). The van der Waals surface area contributed by atoms with E-state index in [4.69, 9.17) is 11.6 Å². The molecule has 0 unspecified atom stereocenters. The number of imidazole rings is 1. The van der Waals surface area contributed by atoms with Crippen molar-refractivity contribution in [3.05, 3.63) is 34.9 Å². The van der Waals surface area contributed by atoms with E-state index in [1.807, 2.05) is 0 Å². The first-order valence-electron chi connectivity index (χ1n) is 6.10. The van der Waals surface area contributed by atoms with Crippen LogP contribution < -0.4 is 5.32 Å². The Morgan fingerprint density at radius 3 is 2.88 bits per heavy atom. The normalized spacial score (nSPS) is 17.8. The topological polar surface area (TPSA) is 29.3 Å². The van der Waals surface area contributed by atoms with Gasteiger partial charge in [-0.3, -0.25) is 0 Å². The lowest BCUT2D eigenvalue weighted by Crippen LogP contribution is -2.27. The Hall–Kier alpha value is -1.06. The SMILES string of the molecule is Cc1ccc2c(Cl)nc(C3CCNCC3)n2c1. The molecule has 3 nitrogen and oxygen atoms in total. The minimum atomic E-state index is 0.526. The Balaban J connectivity index is 2.11. The molecule has 90 valence electrons. The number of fused-ring (bicyclic) bond motifs is 1. The maximum Gasteiger partial charge on any atom is 0.155 e. The van der Waals surface area contributed by atoms with Crippen LogP contribution in [-0.2, 0) is 0 Å². The summed E-state index contributed by atoms with van der Waals surface area (Å²) >= 11 is 6.20. The van der Waals surface area contributed by atoms with E-state index in [9.17, 15) is 0 Å². The lowest BCUT2D eigenvalue weighted by atomic mass is 9.97. The third-order valence-corrected chi connectivity index (χ3v) is 3.75. The summed E-state index contributed by atoms with van der Waals surface area (Å²) in [6.45, 7) is 4.24. The number of piperidine rings is 1. The minimum Gasteiger partial charge on any atom is -0.317 e. The molecule has 0 aliphatic carbocycles. The number of nitrogens with zero attached hydrogens (tertiary/aromatic N) is 2. The highest BCUT2D eigenvalue weighted by Gasteiger charge is 2.21. The van der Waals surface area contributed by atoms with Crippen LogP contribution in [0, 0.1) is 6.92 Å². The van der Waals surface area contributed by atoms with Gasteiger partial charge in [0.05, 0.1) is 5.52 Å². The predicted octanol–water partition coefficient (Wildman–Crippen LogP) is 2.76.